The van der Waals surface area contributed by atoms with Gasteiger partial charge in [0.1, 0.15) is 0 Å². The van der Waals surface area contributed by atoms with E-state index in [2.05, 4.69) is 10.0 Å². The summed E-state index contributed by atoms with van der Waals surface area (Å²) in [5, 5.41) is 3.03. The highest BCUT2D eigenvalue weighted by molar-refractivity contribution is 7.89. The minimum Gasteiger partial charge on any atom is -0.313 e. The van der Waals surface area contributed by atoms with Crippen molar-refractivity contribution >= 4 is 10.0 Å². The van der Waals surface area contributed by atoms with E-state index < -0.39 is 10.0 Å². The first-order chi connectivity index (χ1) is 6.29. The second-order valence-electron chi connectivity index (χ2n) is 5.10. The average Bonchev–Trinajstić information content (AvgIpc) is 1.93. The highest BCUT2D eigenvalue weighted by Crippen LogP contribution is 2.19. The van der Waals surface area contributed by atoms with Crippen LogP contribution in [-0.4, -0.2) is 33.3 Å². The molecule has 1 saturated heterocycles. The van der Waals surface area contributed by atoms with E-state index in [1.807, 2.05) is 20.8 Å². The molecule has 14 heavy (non-hydrogen) atoms. The molecule has 1 heterocycles. The van der Waals surface area contributed by atoms with E-state index in [9.17, 15) is 8.42 Å². The number of rotatable bonds is 4. The van der Waals surface area contributed by atoms with Crippen LogP contribution in [0.15, 0.2) is 0 Å². The molecule has 84 valence electrons. The Morgan fingerprint density at radius 3 is 2.29 bits per heavy atom. The molecule has 0 unspecified atom stereocenters. The maximum absolute atomic E-state index is 11.5. The lowest BCUT2D eigenvalue weighted by Crippen LogP contribution is -2.57. The zero-order chi connectivity index (χ0) is 10.8. The monoisotopic (exact) mass is 220 g/mol. The van der Waals surface area contributed by atoms with Gasteiger partial charge in [0.25, 0.3) is 0 Å². The van der Waals surface area contributed by atoms with Gasteiger partial charge in [-0.15, -0.1) is 0 Å². The minimum absolute atomic E-state index is 0.0760. The summed E-state index contributed by atoms with van der Waals surface area (Å²) in [6, 6.07) is 0.111. The number of sulfonamides is 1. The van der Waals surface area contributed by atoms with E-state index in [4.69, 9.17) is 0 Å². The fraction of sp³-hybridized carbons (Fsp3) is 1.00. The highest BCUT2D eigenvalue weighted by atomic mass is 32.2. The molecule has 0 spiro atoms. The van der Waals surface area contributed by atoms with E-state index in [-0.39, 0.29) is 17.2 Å². The standard InChI is InChI=1S/C9H20N2O2S/c1-9(2,3)4-5-14(12,13)11-8-6-10-7-8/h8,10-11H,4-7H2,1-3H3. The fourth-order valence-corrected chi connectivity index (χ4v) is 2.80. The predicted molar refractivity (Wildman–Crippen MR) is 57.7 cm³/mol. The third kappa shape index (κ3) is 4.39. The van der Waals surface area contributed by atoms with Crippen molar-refractivity contribution in [3.05, 3.63) is 0 Å². The van der Waals surface area contributed by atoms with Crippen LogP contribution in [0.25, 0.3) is 0 Å². The fourth-order valence-electron chi connectivity index (χ4n) is 1.13. The molecule has 2 N–H and O–H groups in total. The summed E-state index contributed by atoms with van der Waals surface area (Å²) in [7, 11) is -3.06. The third-order valence-electron chi connectivity index (χ3n) is 2.25. The molecule has 1 rings (SSSR count). The molecule has 0 aromatic carbocycles. The molecule has 1 aliphatic rings. The van der Waals surface area contributed by atoms with Gasteiger partial charge in [0, 0.05) is 19.1 Å². The van der Waals surface area contributed by atoms with Crippen molar-refractivity contribution in [1.29, 1.82) is 0 Å². The van der Waals surface area contributed by atoms with E-state index >= 15 is 0 Å². The number of nitrogens with one attached hydrogen (secondary N) is 2. The second kappa shape index (κ2) is 4.16. The van der Waals surface area contributed by atoms with Gasteiger partial charge in [-0.3, -0.25) is 0 Å². The quantitative estimate of drug-likeness (QED) is 0.717. The van der Waals surface area contributed by atoms with Gasteiger partial charge in [-0.25, -0.2) is 13.1 Å². The summed E-state index contributed by atoms with van der Waals surface area (Å²) in [6.07, 6.45) is 0.697. The first-order valence-electron chi connectivity index (χ1n) is 4.99. The molecule has 0 aromatic rings. The van der Waals surface area contributed by atoms with Crippen LogP contribution < -0.4 is 10.0 Å². The van der Waals surface area contributed by atoms with Crippen LogP contribution in [0.3, 0.4) is 0 Å². The first kappa shape index (κ1) is 11.9. The van der Waals surface area contributed by atoms with Crippen molar-refractivity contribution < 1.29 is 8.42 Å². The van der Waals surface area contributed by atoms with Gasteiger partial charge in [0.15, 0.2) is 0 Å². The van der Waals surface area contributed by atoms with E-state index in [0.717, 1.165) is 13.1 Å². The van der Waals surface area contributed by atoms with Gasteiger partial charge in [-0.05, 0) is 11.8 Å². The summed E-state index contributed by atoms with van der Waals surface area (Å²) >= 11 is 0. The lowest BCUT2D eigenvalue weighted by molar-refractivity contribution is 0.388. The maximum atomic E-state index is 11.5. The van der Waals surface area contributed by atoms with Gasteiger partial charge in [-0.1, -0.05) is 20.8 Å². The van der Waals surface area contributed by atoms with E-state index in [1.54, 1.807) is 0 Å². The normalized spacial score (nSPS) is 19.4. The van der Waals surface area contributed by atoms with Crippen molar-refractivity contribution in [2.45, 2.75) is 33.2 Å². The zero-order valence-corrected chi connectivity index (χ0v) is 9.95. The summed E-state index contributed by atoms with van der Waals surface area (Å²) in [4.78, 5) is 0. The Labute approximate surface area is 86.5 Å². The molecule has 0 aromatic heterocycles. The molecule has 0 bridgehead atoms. The Balaban J connectivity index is 2.34. The average molecular weight is 220 g/mol. The topological polar surface area (TPSA) is 58.2 Å². The van der Waals surface area contributed by atoms with Gasteiger partial charge in [-0.2, -0.15) is 0 Å². The summed E-state index contributed by atoms with van der Waals surface area (Å²) < 4.78 is 25.8. The summed E-state index contributed by atoms with van der Waals surface area (Å²) in [6.45, 7) is 7.66. The summed E-state index contributed by atoms with van der Waals surface area (Å²) in [5.74, 6) is 0.229. The van der Waals surface area contributed by atoms with Crippen LogP contribution in [-0.2, 0) is 10.0 Å². The van der Waals surface area contributed by atoms with Crippen LogP contribution in [0, 0.1) is 5.41 Å². The molecule has 0 radical (unpaired) electrons. The van der Waals surface area contributed by atoms with Crippen molar-refractivity contribution in [1.82, 2.24) is 10.0 Å². The van der Waals surface area contributed by atoms with Crippen molar-refractivity contribution in [2.24, 2.45) is 5.41 Å². The van der Waals surface area contributed by atoms with Gasteiger partial charge < -0.3 is 5.32 Å². The number of hydrogen-bond donors (Lipinski definition) is 2. The van der Waals surface area contributed by atoms with Crippen molar-refractivity contribution in [3.63, 3.8) is 0 Å². The predicted octanol–water partition coefficient (Wildman–Crippen LogP) is 0.314. The Kier molecular flexibility index (Phi) is 3.55. The molecule has 0 amide bonds. The van der Waals surface area contributed by atoms with Gasteiger partial charge >= 0.3 is 0 Å². The highest BCUT2D eigenvalue weighted by Gasteiger charge is 2.24. The molecular weight excluding hydrogens is 200 g/mol. The zero-order valence-electron chi connectivity index (χ0n) is 9.13. The minimum atomic E-state index is -3.06. The summed E-state index contributed by atoms with van der Waals surface area (Å²) in [5.41, 5.74) is 0.0760. The lowest BCUT2D eigenvalue weighted by Gasteiger charge is -2.28. The lowest BCUT2D eigenvalue weighted by atomic mass is 9.94. The van der Waals surface area contributed by atoms with Crippen LogP contribution in [0.5, 0.6) is 0 Å². The van der Waals surface area contributed by atoms with E-state index in [0.29, 0.717) is 6.42 Å². The Morgan fingerprint density at radius 2 is 1.93 bits per heavy atom. The SMILES string of the molecule is CC(C)(C)CCS(=O)(=O)NC1CNC1. The Morgan fingerprint density at radius 1 is 1.36 bits per heavy atom. The maximum Gasteiger partial charge on any atom is 0.211 e. The second-order valence-corrected chi connectivity index (χ2v) is 6.98. The third-order valence-corrected chi connectivity index (χ3v) is 3.68. The van der Waals surface area contributed by atoms with Crippen molar-refractivity contribution in [3.8, 4) is 0 Å². The van der Waals surface area contributed by atoms with Crippen LogP contribution >= 0.6 is 0 Å². The molecule has 0 saturated carbocycles. The van der Waals surface area contributed by atoms with Gasteiger partial charge in [0.2, 0.25) is 10.0 Å². The Bertz CT molecular complexity index is 276. The molecule has 5 heteroatoms. The Hall–Kier alpha value is -0.130. The largest absolute Gasteiger partial charge is 0.313 e. The molecule has 0 atom stereocenters. The van der Waals surface area contributed by atoms with Gasteiger partial charge in [0.05, 0.1) is 5.75 Å². The van der Waals surface area contributed by atoms with E-state index in [1.165, 1.54) is 0 Å². The molecular formula is C9H20N2O2S. The van der Waals surface area contributed by atoms with Crippen molar-refractivity contribution in [2.75, 3.05) is 18.8 Å². The van der Waals surface area contributed by atoms with Crippen LogP contribution in [0.2, 0.25) is 0 Å². The first-order valence-corrected chi connectivity index (χ1v) is 6.64. The number of hydrogen-bond acceptors (Lipinski definition) is 3. The van der Waals surface area contributed by atoms with Crippen LogP contribution in [0.1, 0.15) is 27.2 Å². The molecule has 1 fully saturated rings. The molecule has 1 aliphatic heterocycles. The van der Waals surface area contributed by atoms with Crippen LogP contribution in [0.4, 0.5) is 0 Å². The smallest absolute Gasteiger partial charge is 0.211 e. The molecule has 4 nitrogen and oxygen atoms in total. The molecule has 0 aliphatic carbocycles.